The third kappa shape index (κ3) is 20.3. The highest BCUT2D eigenvalue weighted by Crippen LogP contribution is 2.21. The van der Waals surface area contributed by atoms with Crippen LogP contribution >= 0.6 is 0 Å². The zero-order chi connectivity index (χ0) is 60.6. The normalized spacial score (nSPS) is 11.4. The first kappa shape index (κ1) is 62.3. The summed E-state index contributed by atoms with van der Waals surface area (Å²) in [6, 6.07) is 26.5. The minimum absolute atomic E-state index is 0.000972. The molecule has 3 aromatic carbocycles. The molecule has 448 valence electrons. The second-order valence-corrected chi connectivity index (χ2v) is 20.0. The van der Waals surface area contributed by atoms with E-state index in [1.165, 1.54) is 44.2 Å². The maximum Gasteiger partial charge on any atom is 0.413 e. The van der Waals surface area contributed by atoms with Crippen LogP contribution in [0.15, 0.2) is 116 Å². The fraction of sp³-hybridized carbons (Fsp3) is 0.368. The summed E-state index contributed by atoms with van der Waals surface area (Å²) in [5, 5.41) is 13.4. The van der Waals surface area contributed by atoms with E-state index >= 15 is 0 Å². The molecule has 4 heterocycles. The number of nitrogens with one attached hydrogen (secondary N) is 5. The molecule has 0 saturated heterocycles. The van der Waals surface area contributed by atoms with Crippen LogP contribution in [0.5, 0.6) is 0 Å². The molecule has 5 N–H and O–H groups in total. The molecule has 0 radical (unpaired) electrons. The third-order valence-electron chi connectivity index (χ3n) is 12.3. The Hall–Kier alpha value is -10.3. The second-order valence-electron chi connectivity index (χ2n) is 20.0. The van der Waals surface area contributed by atoms with E-state index in [-0.39, 0.29) is 99.5 Å². The van der Waals surface area contributed by atoms with Crippen LogP contribution in [0.3, 0.4) is 0 Å². The van der Waals surface area contributed by atoms with Crippen molar-refractivity contribution < 1.29 is 62.0 Å². The molecule has 0 aliphatic heterocycles. The van der Waals surface area contributed by atoms with E-state index in [0.717, 1.165) is 16.7 Å². The maximum absolute atomic E-state index is 14.6. The summed E-state index contributed by atoms with van der Waals surface area (Å²) in [5.41, 5.74) is 2.07. The Balaban J connectivity index is 1.04. The number of ether oxygens (including phenoxy) is 5. The van der Waals surface area contributed by atoms with Gasteiger partial charge >= 0.3 is 30.3 Å². The summed E-state index contributed by atoms with van der Waals surface area (Å²) in [6.07, 6.45) is 3.10. The molecule has 4 aromatic heterocycles. The lowest BCUT2D eigenvalue weighted by molar-refractivity contribution is -0.149. The summed E-state index contributed by atoms with van der Waals surface area (Å²) in [7, 11) is 0. The van der Waals surface area contributed by atoms with E-state index in [9.17, 15) is 38.4 Å². The highest BCUT2D eigenvalue weighted by molar-refractivity contribution is 5.95. The average molecular weight is 1170 g/mol. The first-order valence-electron chi connectivity index (χ1n) is 27.2. The Bertz CT molecular complexity index is 3380. The van der Waals surface area contributed by atoms with Crippen molar-refractivity contribution in [2.75, 3.05) is 56.5 Å². The number of nitrogens with zero attached hydrogens (tertiary/aromatic N) is 10. The Kier molecular flexibility index (Phi) is 22.9. The van der Waals surface area contributed by atoms with Gasteiger partial charge in [-0.1, -0.05) is 91.0 Å². The first-order valence-corrected chi connectivity index (χ1v) is 27.2. The smallest absolute Gasteiger partial charge is 0.413 e. The minimum Gasteiger partial charge on any atom is -0.465 e. The SMILES string of the molecule is CCOC(=O)CN(CCNC(=O)CN(CC(CCCCNC(=O)OCc1ccccc1)NC(=O)OC(C)(C)C)C(=O)Cn1cnc2c(NC(=O)OCc3ccccc3)ncnc21)C(=O)Cn1cnc2c(NC(=O)OCc3ccccc3)ncnc21. The van der Waals surface area contributed by atoms with Crippen molar-refractivity contribution in [1.82, 2.24) is 64.8 Å². The van der Waals surface area contributed by atoms with Gasteiger partial charge in [-0.05, 0) is 63.6 Å². The average Bonchev–Trinajstić information content (AvgIpc) is 2.76. The molecule has 0 spiro atoms. The van der Waals surface area contributed by atoms with Crippen LogP contribution in [0.4, 0.5) is 30.8 Å². The summed E-state index contributed by atoms with van der Waals surface area (Å²) >= 11 is 0. The standard InChI is InChI=1S/C57H67N15O13/c1-5-81-46(76)31-69(44(74)29-71-37-64-47-49(60-35-62-51(47)71)67-54(78)83-33-40-19-11-7-12-20-40)26-25-58-43(73)28-70(27-42(66-56(80)85-57(2,3)4)23-15-16-24-59-53(77)82-32-39-17-9-6-10-18-39)45(75)30-72-38-65-48-50(61-36-63-52(48)72)68-55(79)84-34-41-21-13-8-14-22-41/h6-14,17-22,35-38,42H,5,15-16,23-34H2,1-4H3,(H,58,73)(H,59,77)(H,66,80)(H,60,62,67,78)(H,61,63,68,79). The van der Waals surface area contributed by atoms with E-state index < -0.39 is 79.3 Å². The zero-order valence-electron chi connectivity index (χ0n) is 47.4. The van der Waals surface area contributed by atoms with Gasteiger partial charge in [-0.2, -0.15) is 0 Å². The van der Waals surface area contributed by atoms with E-state index in [1.54, 1.807) is 52.0 Å². The molecule has 0 aliphatic carbocycles. The van der Waals surface area contributed by atoms with Gasteiger partial charge in [0.2, 0.25) is 17.7 Å². The van der Waals surface area contributed by atoms with Crippen molar-refractivity contribution >= 4 is 82.0 Å². The van der Waals surface area contributed by atoms with Crippen LogP contribution in [0, 0.1) is 0 Å². The van der Waals surface area contributed by atoms with Crippen LogP contribution in [-0.4, -0.2) is 154 Å². The fourth-order valence-corrected chi connectivity index (χ4v) is 8.28. The number of hydrogen-bond donors (Lipinski definition) is 5. The maximum atomic E-state index is 14.6. The number of imidazole rings is 2. The van der Waals surface area contributed by atoms with Gasteiger partial charge in [-0.3, -0.25) is 29.8 Å². The third-order valence-corrected chi connectivity index (χ3v) is 12.3. The topological polar surface area (TPSA) is 337 Å². The number of unbranched alkanes of at least 4 members (excludes halogenated alkanes) is 1. The summed E-state index contributed by atoms with van der Waals surface area (Å²) in [6.45, 7) is 4.51. The molecule has 7 rings (SSSR count). The molecule has 7 aromatic rings. The van der Waals surface area contributed by atoms with E-state index in [2.05, 4.69) is 56.5 Å². The molecule has 1 atom stereocenters. The van der Waals surface area contributed by atoms with Crippen molar-refractivity contribution in [1.29, 1.82) is 0 Å². The highest BCUT2D eigenvalue weighted by atomic mass is 16.6. The molecular weight excluding hydrogens is 1100 g/mol. The van der Waals surface area contributed by atoms with Gasteiger partial charge in [0, 0.05) is 32.2 Å². The predicted molar refractivity (Wildman–Crippen MR) is 306 cm³/mol. The predicted octanol–water partition coefficient (Wildman–Crippen LogP) is 5.49. The monoisotopic (exact) mass is 1170 g/mol. The van der Waals surface area contributed by atoms with Gasteiger partial charge in [-0.25, -0.2) is 49.1 Å². The van der Waals surface area contributed by atoms with Crippen molar-refractivity contribution in [2.24, 2.45) is 0 Å². The largest absolute Gasteiger partial charge is 0.465 e. The number of carbonyl (C=O) groups excluding carboxylic acids is 8. The molecule has 0 saturated carbocycles. The Morgan fingerprint density at radius 1 is 0.553 bits per heavy atom. The number of hydrogen-bond acceptors (Lipinski definition) is 19. The number of carbonyl (C=O) groups is 8. The molecule has 0 bridgehead atoms. The molecule has 1 unspecified atom stereocenters. The molecule has 0 aliphatic rings. The van der Waals surface area contributed by atoms with Crippen molar-refractivity contribution in [3.63, 3.8) is 0 Å². The minimum atomic E-state index is -0.893. The first-order chi connectivity index (χ1) is 41.0. The van der Waals surface area contributed by atoms with Crippen LogP contribution in [0.2, 0.25) is 0 Å². The van der Waals surface area contributed by atoms with Crippen molar-refractivity contribution in [3.05, 3.63) is 133 Å². The summed E-state index contributed by atoms with van der Waals surface area (Å²) in [5.74, 6) is -2.58. The highest BCUT2D eigenvalue weighted by Gasteiger charge is 2.28. The van der Waals surface area contributed by atoms with Crippen LogP contribution < -0.4 is 26.6 Å². The van der Waals surface area contributed by atoms with Crippen LogP contribution in [0.1, 0.15) is 63.6 Å². The number of fused-ring (bicyclic) bond motifs is 2. The zero-order valence-corrected chi connectivity index (χ0v) is 47.4. The van der Waals surface area contributed by atoms with Gasteiger partial charge in [0.05, 0.1) is 25.8 Å². The number of alkyl carbamates (subject to hydrolysis) is 2. The number of anilines is 2. The van der Waals surface area contributed by atoms with Crippen LogP contribution in [0.25, 0.3) is 22.3 Å². The van der Waals surface area contributed by atoms with E-state index in [1.807, 2.05) is 66.7 Å². The van der Waals surface area contributed by atoms with Gasteiger partial charge in [0.15, 0.2) is 34.0 Å². The lowest BCUT2D eigenvalue weighted by Crippen LogP contribution is -2.51. The van der Waals surface area contributed by atoms with Gasteiger partial charge < -0.3 is 58.6 Å². The van der Waals surface area contributed by atoms with Gasteiger partial charge in [0.1, 0.15) is 57.7 Å². The Morgan fingerprint density at radius 2 is 1.05 bits per heavy atom. The van der Waals surface area contributed by atoms with Crippen molar-refractivity contribution in [3.8, 4) is 0 Å². The van der Waals surface area contributed by atoms with Crippen molar-refractivity contribution in [2.45, 2.75) is 91.5 Å². The van der Waals surface area contributed by atoms with Gasteiger partial charge in [0.25, 0.3) is 0 Å². The van der Waals surface area contributed by atoms with Gasteiger partial charge in [-0.15, -0.1) is 0 Å². The van der Waals surface area contributed by atoms with Crippen LogP contribution in [-0.2, 0) is 75.8 Å². The molecule has 28 nitrogen and oxygen atoms in total. The van der Waals surface area contributed by atoms with E-state index in [4.69, 9.17) is 23.7 Å². The lowest BCUT2D eigenvalue weighted by atomic mass is 10.1. The fourth-order valence-electron chi connectivity index (χ4n) is 8.28. The molecule has 0 fully saturated rings. The summed E-state index contributed by atoms with van der Waals surface area (Å²) < 4.78 is 29.6. The number of rotatable bonds is 28. The Labute approximate surface area is 488 Å². The Morgan fingerprint density at radius 3 is 1.54 bits per heavy atom. The molecule has 28 heteroatoms. The second kappa shape index (κ2) is 31.2. The number of aromatic nitrogens is 8. The molecule has 85 heavy (non-hydrogen) atoms. The number of benzene rings is 3. The van der Waals surface area contributed by atoms with E-state index in [0.29, 0.717) is 12.8 Å². The number of amides is 7. The molecule has 7 amide bonds. The molecular formula is C57H67N15O13. The quantitative estimate of drug-likeness (QED) is 0.0230. The summed E-state index contributed by atoms with van der Waals surface area (Å²) in [4.78, 5) is 135. The number of esters is 1. The lowest BCUT2D eigenvalue weighted by Gasteiger charge is -2.29.